The number of anilines is 3. The van der Waals surface area contributed by atoms with E-state index in [9.17, 15) is 15.3 Å². The number of aromatic hydroxyl groups is 3. The Kier molecular flexibility index (Phi) is 6.12. The van der Waals surface area contributed by atoms with Gasteiger partial charge in [-0.1, -0.05) is 24.3 Å². The number of aryl methyl sites for hydroxylation is 3. The summed E-state index contributed by atoms with van der Waals surface area (Å²) in [5.41, 5.74) is 6.57. The fraction of sp³-hybridized carbons (Fsp3) is 0.172. The van der Waals surface area contributed by atoms with Crippen LogP contribution in [0.3, 0.4) is 0 Å². The smallest absolute Gasteiger partial charge is 0.151 e. The van der Waals surface area contributed by atoms with Gasteiger partial charge in [-0.15, -0.1) is 0 Å². The summed E-state index contributed by atoms with van der Waals surface area (Å²) in [6.45, 7) is 9.62. The molecule has 0 unspecified atom stereocenters. The Hall–Kier alpha value is -4.12. The average Bonchev–Trinajstić information content (AvgIpc) is 2.78. The molecule has 4 aromatic rings. The lowest BCUT2D eigenvalue weighted by Gasteiger charge is -2.32. The number of phenols is 3. The fourth-order valence-electron chi connectivity index (χ4n) is 4.33. The van der Waals surface area contributed by atoms with Gasteiger partial charge in [0.25, 0.3) is 0 Å². The molecule has 0 aliphatic rings. The van der Waals surface area contributed by atoms with Gasteiger partial charge in [0.05, 0.1) is 17.1 Å². The maximum Gasteiger partial charge on any atom is 0.151 e. The van der Waals surface area contributed by atoms with Crippen molar-refractivity contribution in [2.75, 3.05) is 4.90 Å². The van der Waals surface area contributed by atoms with Gasteiger partial charge in [0.15, 0.2) is 5.75 Å². The van der Waals surface area contributed by atoms with E-state index in [0.29, 0.717) is 22.6 Å². The largest absolute Gasteiger partial charge is 0.508 e. The van der Waals surface area contributed by atoms with Crippen molar-refractivity contribution in [1.29, 1.82) is 0 Å². The minimum Gasteiger partial charge on any atom is -0.508 e. The summed E-state index contributed by atoms with van der Waals surface area (Å²) in [4.78, 5) is 2.03. The standard InChI is InChI=1S/C29H29NO4/c1-17-14-22(31)16-23(15-17)34-27-9-7-6-8-24(27)30(28-18(2)10-12-25(32)20(28)4)29-19(3)11-13-26(33)21(29)5/h6-16,31-33H,1-5H3. The molecule has 0 aliphatic carbocycles. The average molecular weight is 456 g/mol. The molecular weight excluding hydrogens is 426 g/mol. The summed E-state index contributed by atoms with van der Waals surface area (Å²) in [5, 5.41) is 31.2. The highest BCUT2D eigenvalue weighted by atomic mass is 16.5. The Morgan fingerprint density at radius 2 is 1.21 bits per heavy atom. The number of para-hydroxylation sites is 2. The summed E-state index contributed by atoms with van der Waals surface area (Å²) < 4.78 is 6.29. The van der Waals surface area contributed by atoms with Crippen LogP contribution in [0.4, 0.5) is 17.1 Å². The Bertz CT molecular complexity index is 1300. The van der Waals surface area contributed by atoms with Crippen molar-refractivity contribution in [3.63, 3.8) is 0 Å². The lowest BCUT2D eigenvalue weighted by atomic mass is 10.0. The van der Waals surface area contributed by atoms with E-state index in [1.165, 1.54) is 0 Å². The summed E-state index contributed by atoms with van der Waals surface area (Å²) >= 11 is 0. The third-order valence-corrected chi connectivity index (χ3v) is 6.03. The number of nitrogens with zero attached hydrogens (tertiary/aromatic N) is 1. The molecule has 5 heteroatoms. The Balaban J connectivity index is 2.01. The normalized spacial score (nSPS) is 10.9. The van der Waals surface area contributed by atoms with Gasteiger partial charge in [-0.25, -0.2) is 0 Å². The topological polar surface area (TPSA) is 73.2 Å². The van der Waals surface area contributed by atoms with Gasteiger partial charge in [-0.2, -0.15) is 0 Å². The molecule has 0 saturated carbocycles. The van der Waals surface area contributed by atoms with E-state index in [1.807, 2.05) is 82.0 Å². The zero-order valence-corrected chi connectivity index (χ0v) is 20.0. The molecule has 0 aliphatic heterocycles. The van der Waals surface area contributed by atoms with Gasteiger partial charge in [-0.3, -0.25) is 0 Å². The van der Waals surface area contributed by atoms with Crippen LogP contribution < -0.4 is 9.64 Å². The van der Waals surface area contributed by atoms with E-state index in [2.05, 4.69) is 0 Å². The number of phenolic OH excluding ortho intramolecular Hbond substituents is 3. The second kappa shape index (κ2) is 9.02. The van der Waals surface area contributed by atoms with Gasteiger partial charge < -0.3 is 25.0 Å². The van der Waals surface area contributed by atoms with Crippen LogP contribution in [-0.2, 0) is 0 Å². The van der Waals surface area contributed by atoms with Gasteiger partial charge in [-0.05, 0) is 87.7 Å². The lowest BCUT2D eigenvalue weighted by molar-refractivity contribution is 0.454. The maximum atomic E-state index is 10.6. The Morgan fingerprint density at radius 3 is 1.76 bits per heavy atom. The minimum atomic E-state index is 0.128. The van der Waals surface area contributed by atoms with Crippen LogP contribution in [0.15, 0.2) is 66.7 Å². The van der Waals surface area contributed by atoms with E-state index < -0.39 is 0 Å². The van der Waals surface area contributed by atoms with Crippen molar-refractivity contribution in [2.24, 2.45) is 0 Å². The van der Waals surface area contributed by atoms with E-state index >= 15 is 0 Å². The van der Waals surface area contributed by atoms with Gasteiger partial charge in [0.1, 0.15) is 23.0 Å². The second-order valence-electron chi connectivity index (χ2n) is 8.66. The third kappa shape index (κ3) is 4.25. The van der Waals surface area contributed by atoms with Crippen molar-refractivity contribution in [2.45, 2.75) is 34.6 Å². The Morgan fingerprint density at radius 1 is 0.647 bits per heavy atom. The molecule has 0 heterocycles. The molecule has 0 radical (unpaired) electrons. The van der Waals surface area contributed by atoms with E-state index in [0.717, 1.165) is 33.8 Å². The van der Waals surface area contributed by atoms with Crippen molar-refractivity contribution in [1.82, 2.24) is 0 Å². The minimum absolute atomic E-state index is 0.128. The summed E-state index contributed by atoms with van der Waals surface area (Å²) in [7, 11) is 0. The van der Waals surface area contributed by atoms with E-state index in [-0.39, 0.29) is 17.2 Å². The van der Waals surface area contributed by atoms with Crippen LogP contribution in [0.2, 0.25) is 0 Å². The maximum absolute atomic E-state index is 10.6. The molecule has 0 aromatic heterocycles. The fourth-order valence-corrected chi connectivity index (χ4v) is 4.33. The predicted molar refractivity (Wildman–Crippen MR) is 136 cm³/mol. The van der Waals surface area contributed by atoms with Gasteiger partial charge in [0, 0.05) is 17.2 Å². The van der Waals surface area contributed by atoms with Crippen LogP contribution >= 0.6 is 0 Å². The van der Waals surface area contributed by atoms with Gasteiger partial charge >= 0.3 is 0 Å². The Labute approximate surface area is 200 Å². The lowest BCUT2D eigenvalue weighted by Crippen LogP contribution is -2.16. The molecule has 0 bridgehead atoms. The molecule has 0 saturated heterocycles. The summed E-state index contributed by atoms with van der Waals surface area (Å²) in [6.07, 6.45) is 0. The molecule has 4 aromatic carbocycles. The highest BCUT2D eigenvalue weighted by Gasteiger charge is 2.25. The molecule has 0 amide bonds. The van der Waals surface area contributed by atoms with Crippen molar-refractivity contribution in [3.05, 3.63) is 94.5 Å². The number of hydrogen-bond donors (Lipinski definition) is 3. The first kappa shape index (κ1) is 23.1. The molecule has 34 heavy (non-hydrogen) atoms. The van der Waals surface area contributed by atoms with Crippen LogP contribution in [0, 0.1) is 34.6 Å². The molecule has 3 N–H and O–H groups in total. The molecule has 174 valence electrons. The highest BCUT2D eigenvalue weighted by Crippen LogP contribution is 2.48. The van der Waals surface area contributed by atoms with Crippen molar-refractivity contribution >= 4 is 17.1 Å². The van der Waals surface area contributed by atoms with Crippen LogP contribution in [-0.4, -0.2) is 15.3 Å². The molecule has 5 nitrogen and oxygen atoms in total. The first-order valence-corrected chi connectivity index (χ1v) is 11.1. The molecule has 4 rings (SSSR count). The van der Waals surface area contributed by atoms with Crippen LogP contribution in [0.1, 0.15) is 27.8 Å². The molecule has 0 atom stereocenters. The monoisotopic (exact) mass is 455 g/mol. The molecule has 0 fully saturated rings. The van der Waals surface area contributed by atoms with E-state index in [1.54, 1.807) is 24.3 Å². The van der Waals surface area contributed by atoms with Gasteiger partial charge in [0.2, 0.25) is 0 Å². The quantitative estimate of drug-likeness (QED) is 0.289. The predicted octanol–water partition coefficient (Wildman–Crippen LogP) is 7.61. The number of ether oxygens (including phenoxy) is 1. The molecule has 0 spiro atoms. The first-order valence-electron chi connectivity index (χ1n) is 11.1. The van der Waals surface area contributed by atoms with E-state index in [4.69, 9.17) is 4.74 Å². The summed E-state index contributed by atoms with van der Waals surface area (Å²) in [5.74, 6) is 1.57. The zero-order chi connectivity index (χ0) is 24.6. The number of hydrogen-bond acceptors (Lipinski definition) is 5. The number of benzene rings is 4. The summed E-state index contributed by atoms with van der Waals surface area (Å²) in [6, 6.07) is 19.8. The van der Waals surface area contributed by atoms with Crippen molar-refractivity contribution < 1.29 is 20.1 Å². The number of rotatable bonds is 5. The third-order valence-electron chi connectivity index (χ3n) is 6.03. The second-order valence-corrected chi connectivity index (χ2v) is 8.66. The van der Waals surface area contributed by atoms with Crippen molar-refractivity contribution in [3.8, 4) is 28.7 Å². The van der Waals surface area contributed by atoms with Crippen LogP contribution in [0.25, 0.3) is 0 Å². The highest BCUT2D eigenvalue weighted by molar-refractivity contribution is 5.87. The first-order chi connectivity index (χ1) is 16.2. The SMILES string of the molecule is Cc1cc(O)cc(Oc2ccccc2N(c2c(C)ccc(O)c2C)c2c(C)ccc(O)c2C)c1. The van der Waals surface area contributed by atoms with Crippen LogP contribution in [0.5, 0.6) is 28.7 Å². The zero-order valence-electron chi connectivity index (χ0n) is 20.0. The molecular formula is C29H29NO4.